The number of fused-ring (bicyclic) bond motifs is 1. The van der Waals surface area contributed by atoms with Crippen molar-refractivity contribution in [3.8, 4) is 0 Å². The van der Waals surface area contributed by atoms with Crippen LogP contribution < -0.4 is 10.6 Å². The van der Waals surface area contributed by atoms with E-state index in [1.54, 1.807) is 16.5 Å². The Bertz CT molecular complexity index is 1690. The predicted molar refractivity (Wildman–Crippen MR) is 159 cm³/mol. The van der Waals surface area contributed by atoms with E-state index in [1.807, 2.05) is 0 Å². The molecule has 3 aromatic rings. The number of carbonyl (C=O) groups excluding carboxylic acids is 3. The number of aromatic nitrogens is 3. The monoisotopic (exact) mass is 681 g/mol. The number of carbonyl (C=O) groups is 3. The molecule has 4 heterocycles. The Labute approximate surface area is 269 Å². The summed E-state index contributed by atoms with van der Waals surface area (Å²) in [5, 5.41) is 11.6. The summed E-state index contributed by atoms with van der Waals surface area (Å²) in [5.41, 5.74) is -0.00739. The first-order valence-electron chi connectivity index (χ1n) is 13.6. The number of thiazole rings is 1. The first kappa shape index (κ1) is 32.7. The number of hydrogen-bond donors (Lipinski definition) is 2. The number of methoxy groups -OCH3 is 2. The second-order valence-corrected chi connectivity index (χ2v) is 11.5. The van der Waals surface area contributed by atoms with Gasteiger partial charge in [-0.15, -0.1) is 11.3 Å². The number of amidine groups is 1. The van der Waals surface area contributed by atoms with E-state index >= 15 is 0 Å². The molecule has 46 heavy (non-hydrogen) atoms. The summed E-state index contributed by atoms with van der Waals surface area (Å²) >= 11 is 7.79. The number of nitrogens with zero attached hydrogens (tertiary/aromatic N) is 5. The molecule has 0 radical (unpaired) electrons. The van der Waals surface area contributed by atoms with Gasteiger partial charge in [0.05, 0.1) is 32.9 Å². The molecule has 0 aliphatic carbocycles. The van der Waals surface area contributed by atoms with E-state index in [0.29, 0.717) is 32.4 Å². The summed E-state index contributed by atoms with van der Waals surface area (Å²) in [6.07, 6.45) is 0.877. The van der Waals surface area contributed by atoms with Gasteiger partial charge in [0.2, 0.25) is 0 Å². The van der Waals surface area contributed by atoms with Crippen LogP contribution in [0.2, 0.25) is 5.02 Å². The normalized spacial score (nSPS) is 19.1. The molecule has 2 aromatic heterocycles. The molecule has 1 aromatic carbocycles. The Balaban J connectivity index is 1.61. The Morgan fingerprint density at radius 1 is 1.20 bits per heavy atom. The Morgan fingerprint density at radius 3 is 2.65 bits per heavy atom. The number of halogens is 4. The van der Waals surface area contributed by atoms with Crippen LogP contribution in [0.4, 0.5) is 22.8 Å². The number of benzene rings is 1. The molecule has 2 N–H and O–H groups in total. The van der Waals surface area contributed by atoms with Crippen LogP contribution in [0.1, 0.15) is 41.7 Å². The van der Waals surface area contributed by atoms with Gasteiger partial charge in [-0.25, -0.2) is 23.6 Å². The van der Waals surface area contributed by atoms with Gasteiger partial charge in [-0.2, -0.15) is 13.9 Å². The number of hydrogen-bond acceptors (Lipinski definition) is 11. The van der Waals surface area contributed by atoms with Gasteiger partial charge < -0.3 is 29.7 Å². The van der Waals surface area contributed by atoms with Gasteiger partial charge >= 0.3 is 24.7 Å². The number of ether oxygens (including phenoxy) is 3. The number of alkyl halides is 2. The third-order valence-electron chi connectivity index (χ3n) is 7.21. The van der Waals surface area contributed by atoms with E-state index in [4.69, 9.17) is 26.1 Å². The van der Waals surface area contributed by atoms with Crippen molar-refractivity contribution >= 4 is 52.5 Å². The van der Waals surface area contributed by atoms with E-state index in [-0.39, 0.29) is 43.3 Å². The van der Waals surface area contributed by atoms with Gasteiger partial charge in [0, 0.05) is 52.6 Å². The lowest BCUT2D eigenvalue weighted by Crippen LogP contribution is -2.55. The van der Waals surface area contributed by atoms with E-state index < -0.39 is 42.1 Å². The molecule has 2 atom stereocenters. The van der Waals surface area contributed by atoms with Crippen molar-refractivity contribution in [3.05, 3.63) is 74.8 Å². The standard InChI is InChI=1S/C28H27ClF3N7O6S/c1-43-20(40)5-7-34-26(41)45-14-28(36-27(42)44-2)12-19-21(18-6-9-39(37-18)25(31)32)22(16-4-3-15(30)11-17(16)29)35-23(38(19)13-28)24-33-8-10-46-24/h3-4,6,8-11,22,25H,5,7,12-14H2,1-2H3,(H,34,41)(H,36,42)/t22-,28+/m0/s1. The molecular formula is C28H27ClF3N7O6S. The quantitative estimate of drug-likeness (QED) is 0.233. The molecule has 0 spiro atoms. The Hall–Kier alpha value is -4.64. The fourth-order valence-electron chi connectivity index (χ4n) is 5.17. The van der Waals surface area contributed by atoms with Crippen molar-refractivity contribution in [2.45, 2.75) is 31.0 Å². The first-order chi connectivity index (χ1) is 22.0. The maximum atomic E-state index is 14.1. The molecule has 13 nitrogen and oxygen atoms in total. The largest absolute Gasteiger partial charge is 0.469 e. The molecule has 244 valence electrons. The molecular weight excluding hydrogens is 655 g/mol. The van der Waals surface area contributed by atoms with Gasteiger partial charge in [0.1, 0.15) is 24.0 Å². The lowest BCUT2D eigenvalue weighted by atomic mass is 9.90. The number of alkyl carbamates (subject to hydrolysis) is 2. The average Bonchev–Trinajstić information content (AvgIpc) is 3.80. The maximum Gasteiger partial charge on any atom is 0.407 e. The first-order valence-corrected chi connectivity index (χ1v) is 14.9. The van der Waals surface area contributed by atoms with Gasteiger partial charge in [0.25, 0.3) is 0 Å². The van der Waals surface area contributed by atoms with Crippen molar-refractivity contribution in [2.75, 3.05) is 33.9 Å². The maximum absolute atomic E-state index is 14.1. The highest BCUT2D eigenvalue weighted by molar-refractivity contribution is 7.11. The zero-order valence-corrected chi connectivity index (χ0v) is 25.9. The van der Waals surface area contributed by atoms with E-state index in [2.05, 4.69) is 25.5 Å². The molecule has 1 saturated heterocycles. The smallest absolute Gasteiger partial charge is 0.407 e. The molecule has 18 heteroatoms. The van der Waals surface area contributed by atoms with Crippen LogP contribution >= 0.6 is 22.9 Å². The number of aliphatic imine (C=N–C) groups is 1. The fourth-order valence-corrected chi connectivity index (χ4v) is 6.08. The van der Waals surface area contributed by atoms with E-state index in [0.717, 1.165) is 12.3 Å². The van der Waals surface area contributed by atoms with Gasteiger partial charge in [0.15, 0.2) is 10.8 Å². The van der Waals surface area contributed by atoms with Crippen LogP contribution in [0, 0.1) is 5.82 Å². The second kappa shape index (κ2) is 13.8. The third-order valence-corrected chi connectivity index (χ3v) is 8.30. The number of rotatable bonds is 10. The van der Waals surface area contributed by atoms with E-state index in [1.165, 1.54) is 43.8 Å². The fraction of sp³-hybridized carbons (Fsp3) is 0.357. The molecule has 1 fully saturated rings. The zero-order chi connectivity index (χ0) is 33.0. The highest BCUT2D eigenvalue weighted by Crippen LogP contribution is 2.48. The second-order valence-electron chi connectivity index (χ2n) is 10.2. The lowest BCUT2D eigenvalue weighted by molar-refractivity contribution is -0.140. The summed E-state index contributed by atoms with van der Waals surface area (Å²) in [4.78, 5) is 47.7. The van der Waals surface area contributed by atoms with Gasteiger partial charge in [-0.05, 0) is 18.2 Å². The average molecular weight is 682 g/mol. The van der Waals surface area contributed by atoms with Crippen molar-refractivity contribution < 1.29 is 41.8 Å². The third kappa shape index (κ3) is 6.94. The minimum atomic E-state index is -2.93. The lowest BCUT2D eigenvalue weighted by Gasteiger charge is -2.32. The summed E-state index contributed by atoms with van der Waals surface area (Å²) in [6.45, 7) is -3.39. The van der Waals surface area contributed by atoms with Crippen LogP contribution in [0.5, 0.6) is 0 Å². The van der Waals surface area contributed by atoms with Crippen LogP contribution in [0.3, 0.4) is 0 Å². The minimum absolute atomic E-state index is 0.0196. The van der Waals surface area contributed by atoms with Crippen molar-refractivity contribution in [3.63, 3.8) is 0 Å². The predicted octanol–water partition coefficient (Wildman–Crippen LogP) is 4.53. The minimum Gasteiger partial charge on any atom is -0.469 e. The summed E-state index contributed by atoms with van der Waals surface area (Å²) in [6, 6.07) is 4.20. The Morgan fingerprint density at radius 2 is 2.00 bits per heavy atom. The van der Waals surface area contributed by atoms with Gasteiger partial charge in [-0.1, -0.05) is 17.7 Å². The molecule has 5 rings (SSSR count). The van der Waals surface area contributed by atoms with Crippen molar-refractivity contribution in [2.24, 2.45) is 4.99 Å². The summed E-state index contributed by atoms with van der Waals surface area (Å²) in [7, 11) is 2.39. The van der Waals surface area contributed by atoms with Crippen molar-refractivity contribution in [1.82, 2.24) is 30.3 Å². The Kier molecular flexibility index (Phi) is 9.81. The number of nitrogens with one attached hydrogen (secondary N) is 2. The molecule has 2 amide bonds. The zero-order valence-electron chi connectivity index (χ0n) is 24.3. The molecule has 0 saturated carbocycles. The molecule has 2 aliphatic heterocycles. The van der Waals surface area contributed by atoms with Gasteiger partial charge in [-0.3, -0.25) is 9.79 Å². The van der Waals surface area contributed by atoms with Crippen molar-refractivity contribution in [1.29, 1.82) is 0 Å². The topological polar surface area (TPSA) is 149 Å². The molecule has 0 unspecified atom stereocenters. The summed E-state index contributed by atoms with van der Waals surface area (Å²) < 4.78 is 56.8. The van der Waals surface area contributed by atoms with Crippen LogP contribution in [-0.4, -0.2) is 83.1 Å². The van der Waals surface area contributed by atoms with Crippen LogP contribution in [-0.2, 0) is 19.0 Å². The van der Waals surface area contributed by atoms with Crippen LogP contribution in [0.25, 0.3) is 5.57 Å². The SMILES string of the molecule is COC(=O)CCNC(=O)OC[C@@]1(NC(=O)OC)CC2=C(c3ccn(C(F)F)n3)[C@H](c3ccc(F)cc3Cl)N=C(c3nccs3)N2C1. The van der Waals surface area contributed by atoms with Crippen LogP contribution in [0.15, 0.2) is 52.7 Å². The molecule has 2 aliphatic rings. The molecule has 0 bridgehead atoms. The number of esters is 1. The highest BCUT2D eigenvalue weighted by atomic mass is 35.5. The van der Waals surface area contributed by atoms with E-state index in [9.17, 15) is 27.6 Å². The summed E-state index contributed by atoms with van der Waals surface area (Å²) in [5.74, 6) is -0.769. The highest BCUT2D eigenvalue weighted by Gasteiger charge is 2.50. The number of amides is 2.